The quantitative estimate of drug-likeness (QED) is 0.743. The van der Waals surface area contributed by atoms with E-state index in [9.17, 15) is 8.42 Å². The van der Waals surface area contributed by atoms with Crippen LogP contribution < -0.4 is 10.5 Å². The summed E-state index contributed by atoms with van der Waals surface area (Å²) in [5, 5.41) is 5.98. The van der Waals surface area contributed by atoms with Gasteiger partial charge in [0, 0.05) is 18.4 Å². The molecule has 7 nitrogen and oxygen atoms in total. The summed E-state index contributed by atoms with van der Waals surface area (Å²) in [6, 6.07) is 3.10. The summed E-state index contributed by atoms with van der Waals surface area (Å²) < 4.78 is 26.6. The molecule has 0 aliphatic rings. The van der Waals surface area contributed by atoms with Gasteiger partial charge in [0.05, 0.1) is 6.20 Å². The van der Waals surface area contributed by atoms with E-state index in [4.69, 9.17) is 5.73 Å². The Kier molecular flexibility index (Phi) is 3.30. The van der Waals surface area contributed by atoms with E-state index < -0.39 is 10.0 Å². The number of H-pyrrole nitrogens is 1. The molecule has 18 heavy (non-hydrogen) atoms. The van der Waals surface area contributed by atoms with Gasteiger partial charge in [-0.2, -0.15) is 5.10 Å². The normalized spacial score (nSPS) is 13.4. The lowest BCUT2D eigenvalue weighted by molar-refractivity contribution is 0.567. The van der Waals surface area contributed by atoms with Crippen molar-refractivity contribution in [1.82, 2.24) is 19.9 Å². The number of aromatic amines is 1. The molecule has 2 heterocycles. The molecule has 0 fully saturated rings. The van der Waals surface area contributed by atoms with Gasteiger partial charge in [0.1, 0.15) is 10.7 Å². The van der Waals surface area contributed by atoms with E-state index in [2.05, 4.69) is 19.9 Å². The Bertz CT molecular complexity index is 623. The van der Waals surface area contributed by atoms with Gasteiger partial charge in [0.25, 0.3) is 0 Å². The van der Waals surface area contributed by atoms with Crippen LogP contribution in [0.4, 0.5) is 5.82 Å². The van der Waals surface area contributed by atoms with Crippen LogP contribution in [0.5, 0.6) is 0 Å². The number of sulfonamides is 1. The van der Waals surface area contributed by atoms with Gasteiger partial charge in [-0.05, 0) is 24.6 Å². The first kappa shape index (κ1) is 12.5. The van der Waals surface area contributed by atoms with Crippen LogP contribution in [0.3, 0.4) is 0 Å². The zero-order chi connectivity index (χ0) is 13.2. The molecule has 1 unspecified atom stereocenters. The van der Waals surface area contributed by atoms with Crippen molar-refractivity contribution >= 4 is 15.8 Å². The highest BCUT2D eigenvalue weighted by atomic mass is 32.2. The van der Waals surface area contributed by atoms with Gasteiger partial charge in [-0.3, -0.25) is 10.1 Å². The lowest BCUT2D eigenvalue weighted by Gasteiger charge is -2.13. The standard InChI is InChI=1S/C10H13N5O2S/c1-7(8-2-4-12-5-3-8)15-18(16,17)9-6-13-14-10(9)11/h2-7,15H,1H3,(H3,11,13,14). The second kappa shape index (κ2) is 4.75. The van der Waals surface area contributed by atoms with Gasteiger partial charge in [-0.15, -0.1) is 0 Å². The van der Waals surface area contributed by atoms with Crippen LogP contribution in [-0.4, -0.2) is 23.6 Å². The molecule has 0 radical (unpaired) electrons. The molecule has 2 aromatic rings. The molecular formula is C10H13N5O2S. The van der Waals surface area contributed by atoms with Crippen molar-refractivity contribution < 1.29 is 8.42 Å². The molecule has 0 aliphatic heterocycles. The molecule has 4 N–H and O–H groups in total. The van der Waals surface area contributed by atoms with Gasteiger partial charge in [0.15, 0.2) is 0 Å². The van der Waals surface area contributed by atoms with E-state index in [0.717, 1.165) is 5.56 Å². The first-order valence-electron chi connectivity index (χ1n) is 5.22. The number of nitrogens with zero attached hydrogens (tertiary/aromatic N) is 2. The van der Waals surface area contributed by atoms with Gasteiger partial charge in [-0.25, -0.2) is 13.1 Å². The summed E-state index contributed by atoms with van der Waals surface area (Å²) >= 11 is 0. The third-order valence-electron chi connectivity index (χ3n) is 2.46. The molecule has 0 bridgehead atoms. The van der Waals surface area contributed by atoms with Crippen LogP contribution in [-0.2, 0) is 10.0 Å². The van der Waals surface area contributed by atoms with Crippen LogP contribution in [0.15, 0.2) is 35.6 Å². The van der Waals surface area contributed by atoms with E-state index in [-0.39, 0.29) is 16.8 Å². The largest absolute Gasteiger partial charge is 0.383 e. The van der Waals surface area contributed by atoms with Gasteiger partial charge < -0.3 is 5.73 Å². The number of aromatic nitrogens is 3. The van der Waals surface area contributed by atoms with Crippen LogP contribution in [0.2, 0.25) is 0 Å². The highest BCUT2D eigenvalue weighted by molar-refractivity contribution is 7.89. The molecule has 2 rings (SSSR count). The van der Waals surface area contributed by atoms with Crippen LogP contribution in [0, 0.1) is 0 Å². The van der Waals surface area contributed by atoms with Crippen LogP contribution in [0.1, 0.15) is 18.5 Å². The van der Waals surface area contributed by atoms with Gasteiger partial charge in [-0.1, -0.05) is 0 Å². The molecular weight excluding hydrogens is 254 g/mol. The average Bonchev–Trinajstić information content (AvgIpc) is 2.77. The molecule has 0 aromatic carbocycles. The lowest BCUT2D eigenvalue weighted by Crippen LogP contribution is -2.27. The molecule has 0 saturated carbocycles. The van der Waals surface area contributed by atoms with Crippen molar-refractivity contribution in [3.8, 4) is 0 Å². The van der Waals surface area contributed by atoms with Crippen molar-refractivity contribution in [1.29, 1.82) is 0 Å². The summed E-state index contributed by atoms with van der Waals surface area (Å²) in [7, 11) is -3.68. The number of nitrogen functional groups attached to an aromatic ring is 1. The number of anilines is 1. The zero-order valence-corrected chi connectivity index (χ0v) is 10.5. The molecule has 96 valence electrons. The number of pyridine rings is 1. The Morgan fingerprint density at radius 1 is 1.39 bits per heavy atom. The van der Waals surface area contributed by atoms with Crippen LogP contribution >= 0.6 is 0 Å². The smallest absolute Gasteiger partial charge is 0.246 e. The van der Waals surface area contributed by atoms with E-state index in [0.29, 0.717) is 0 Å². The second-order valence-electron chi connectivity index (χ2n) is 3.77. The Morgan fingerprint density at radius 3 is 2.61 bits per heavy atom. The first-order chi connectivity index (χ1) is 8.50. The summed E-state index contributed by atoms with van der Waals surface area (Å²) in [4.78, 5) is 3.82. The number of rotatable bonds is 4. The minimum atomic E-state index is -3.68. The zero-order valence-electron chi connectivity index (χ0n) is 9.66. The fourth-order valence-electron chi connectivity index (χ4n) is 1.52. The fraction of sp³-hybridized carbons (Fsp3) is 0.200. The second-order valence-corrected chi connectivity index (χ2v) is 5.45. The maximum Gasteiger partial charge on any atom is 0.246 e. The highest BCUT2D eigenvalue weighted by Gasteiger charge is 2.22. The van der Waals surface area contributed by atoms with Crippen molar-refractivity contribution in [3.63, 3.8) is 0 Å². The van der Waals surface area contributed by atoms with E-state index in [1.807, 2.05) is 0 Å². The average molecular weight is 267 g/mol. The molecule has 0 saturated heterocycles. The van der Waals surface area contributed by atoms with Crippen LogP contribution in [0.25, 0.3) is 0 Å². The van der Waals surface area contributed by atoms with Crippen molar-refractivity contribution in [3.05, 3.63) is 36.3 Å². The van der Waals surface area contributed by atoms with Crippen molar-refractivity contribution in [2.75, 3.05) is 5.73 Å². The summed E-state index contributed by atoms with van der Waals surface area (Å²) in [6.07, 6.45) is 4.38. The Hall–Kier alpha value is -1.93. The number of hydrogen-bond acceptors (Lipinski definition) is 5. The molecule has 0 spiro atoms. The predicted octanol–water partition coefficient (Wildman–Crippen LogP) is 0.426. The van der Waals surface area contributed by atoms with Gasteiger partial charge >= 0.3 is 0 Å². The van der Waals surface area contributed by atoms with Gasteiger partial charge in [0.2, 0.25) is 10.0 Å². The number of nitrogens with two attached hydrogens (primary N) is 1. The minimum absolute atomic E-state index is 0.0180. The molecule has 0 aliphatic carbocycles. The molecule has 0 amide bonds. The summed E-state index contributed by atoms with van der Waals surface area (Å²) in [5.74, 6) is 0.0180. The number of nitrogens with one attached hydrogen (secondary N) is 2. The maximum absolute atomic E-state index is 12.0. The predicted molar refractivity (Wildman–Crippen MR) is 66.0 cm³/mol. The van der Waals surface area contributed by atoms with E-state index in [1.165, 1.54) is 6.20 Å². The topological polar surface area (TPSA) is 114 Å². The summed E-state index contributed by atoms with van der Waals surface area (Å²) in [6.45, 7) is 1.74. The summed E-state index contributed by atoms with van der Waals surface area (Å²) in [5.41, 5.74) is 6.31. The third kappa shape index (κ3) is 2.49. The SMILES string of the molecule is CC(NS(=O)(=O)c1cn[nH]c1N)c1ccncc1. The van der Waals surface area contributed by atoms with E-state index >= 15 is 0 Å². The molecule has 2 aromatic heterocycles. The lowest BCUT2D eigenvalue weighted by atomic mass is 10.1. The number of hydrogen-bond donors (Lipinski definition) is 3. The molecule has 1 atom stereocenters. The van der Waals surface area contributed by atoms with E-state index in [1.54, 1.807) is 31.5 Å². The Balaban J connectivity index is 2.22. The Morgan fingerprint density at radius 2 is 2.06 bits per heavy atom. The first-order valence-corrected chi connectivity index (χ1v) is 6.70. The fourth-order valence-corrected chi connectivity index (χ4v) is 2.77. The molecule has 8 heteroatoms. The monoisotopic (exact) mass is 267 g/mol. The highest BCUT2D eigenvalue weighted by Crippen LogP contribution is 2.18. The minimum Gasteiger partial charge on any atom is -0.383 e. The third-order valence-corrected chi connectivity index (χ3v) is 4.03. The Labute approximate surface area is 104 Å². The van der Waals surface area contributed by atoms with Crippen molar-refractivity contribution in [2.24, 2.45) is 0 Å². The maximum atomic E-state index is 12.0. The van der Waals surface area contributed by atoms with Crippen molar-refractivity contribution in [2.45, 2.75) is 17.9 Å².